The van der Waals surface area contributed by atoms with Crippen LogP contribution in [-0.4, -0.2) is 28.0 Å². The van der Waals surface area contributed by atoms with E-state index in [0.717, 1.165) is 0 Å². The molecule has 0 bridgehead atoms. The summed E-state index contributed by atoms with van der Waals surface area (Å²) >= 11 is 0. The minimum Gasteiger partial charge on any atom is -0.328 e. The van der Waals surface area contributed by atoms with Crippen molar-refractivity contribution in [2.24, 2.45) is 13.0 Å². The predicted octanol–water partition coefficient (Wildman–Crippen LogP) is 1.42. The van der Waals surface area contributed by atoms with Gasteiger partial charge >= 0.3 is 0 Å². The minimum absolute atomic E-state index is 0.0728. The third-order valence-electron chi connectivity index (χ3n) is 3.29. The second-order valence-corrected chi connectivity index (χ2v) is 4.98. The zero-order valence-corrected chi connectivity index (χ0v) is 11.0. The van der Waals surface area contributed by atoms with Crippen LogP contribution in [0, 0.1) is 5.92 Å². The fourth-order valence-corrected chi connectivity index (χ4v) is 2.19. The Bertz CT molecular complexity index is 543. The first-order chi connectivity index (χ1) is 8.50. The number of aromatic nitrogens is 1. The van der Waals surface area contributed by atoms with Crippen LogP contribution >= 0.6 is 0 Å². The smallest absolute Gasteiger partial charge is 0.254 e. The van der Waals surface area contributed by atoms with Gasteiger partial charge in [0.15, 0.2) is 0 Å². The molecule has 4 nitrogen and oxygen atoms in total. The van der Waals surface area contributed by atoms with Crippen LogP contribution in [0.1, 0.15) is 24.2 Å². The van der Waals surface area contributed by atoms with Crippen LogP contribution in [0.5, 0.6) is 0 Å². The van der Waals surface area contributed by atoms with Crippen molar-refractivity contribution in [3.8, 4) is 0 Å². The van der Waals surface area contributed by atoms with Crippen LogP contribution in [0.15, 0.2) is 35.3 Å². The fourth-order valence-electron chi connectivity index (χ4n) is 2.19. The van der Waals surface area contributed by atoms with Crippen molar-refractivity contribution in [1.29, 1.82) is 0 Å². The zero-order valence-electron chi connectivity index (χ0n) is 11.0. The summed E-state index contributed by atoms with van der Waals surface area (Å²) in [6.45, 7) is 4.80. The standard InChI is InChI=1S/C14H18N2O2/c1-10(2)12-5-4-7-16(12)14(18)11-6-8-15(3)13(17)9-11/h4-6,8-10,12H,7H2,1-3H3. The molecule has 4 heteroatoms. The normalized spacial score (nSPS) is 18.7. The highest BCUT2D eigenvalue weighted by Crippen LogP contribution is 2.19. The van der Waals surface area contributed by atoms with E-state index in [1.54, 1.807) is 24.2 Å². The Kier molecular flexibility index (Phi) is 3.36. The maximum absolute atomic E-state index is 12.4. The number of pyridine rings is 1. The lowest BCUT2D eigenvalue weighted by atomic mass is 10.0. The van der Waals surface area contributed by atoms with Crippen LogP contribution in [0.4, 0.5) is 0 Å². The second kappa shape index (κ2) is 4.80. The number of hydrogen-bond acceptors (Lipinski definition) is 2. The first-order valence-corrected chi connectivity index (χ1v) is 6.15. The maximum Gasteiger partial charge on any atom is 0.254 e. The Morgan fingerprint density at radius 2 is 2.17 bits per heavy atom. The van der Waals surface area contributed by atoms with Crippen molar-refractivity contribution in [2.75, 3.05) is 6.54 Å². The first kappa shape index (κ1) is 12.6. The van der Waals surface area contributed by atoms with E-state index in [4.69, 9.17) is 0 Å². The van der Waals surface area contributed by atoms with Gasteiger partial charge in [-0.1, -0.05) is 26.0 Å². The number of rotatable bonds is 2. The molecule has 0 fully saturated rings. The van der Waals surface area contributed by atoms with E-state index >= 15 is 0 Å². The average molecular weight is 246 g/mol. The van der Waals surface area contributed by atoms with Crippen molar-refractivity contribution >= 4 is 5.91 Å². The van der Waals surface area contributed by atoms with Gasteiger partial charge in [0, 0.05) is 31.4 Å². The van der Waals surface area contributed by atoms with E-state index < -0.39 is 0 Å². The van der Waals surface area contributed by atoms with E-state index in [-0.39, 0.29) is 17.5 Å². The Morgan fingerprint density at radius 1 is 1.44 bits per heavy atom. The van der Waals surface area contributed by atoms with Crippen LogP contribution in [0.2, 0.25) is 0 Å². The van der Waals surface area contributed by atoms with Crippen molar-refractivity contribution in [3.63, 3.8) is 0 Å². The number of carbonyl (C=O) groups excluding carboxylic acids is 1. The summed E-state index contributed by atoms with van der Waals surface area (Å²) in [7, 11) is 1.67. The van der Waals surface area contributed by atoms with Crippen molar-refractivity contribution in [3.05, 3.63) is 46.4 Å². The molecule has 0 radical (unpaired) electrons. The molecule has 0 aromatic carbocycles. The second-order valence-electron chi connectivity index (χ2n) is 4.98. The number of aryl methyl sites for hydroxylation is 1. The van der Waals surface area contributed by atoms with Crippen LogP contribution in [0.25, 0.3) is 0 Å². The van der Waals surface area contributed by atoms with Crippen LogP contribution in [-0.2, 0) is 7.05 Å². The number of nitrogens with zero attached hydrogens (tertiary/aromatic N) is 2. The molecule has 0 aliphatic carbocycles. The Balaban J connectivity index is 2.26. The number of amides is 1. The third-order valence-corrected chi connectivity index (χ3v) is 3.29. The lowest BCUT2D eigenvalue weighted by molar-refractivity contribution is 0.0720. The Hall–Kier alpha value is -1.84. The lowest BCUT2D eigenvalue weighted by Crippen LogP contribution is -2.39. The highest BCUT2D eigenvalue weighted by Gasteiger charge is 2.27. The monoisotopic (exact) mass is 246 g/mol. The number of carbonyl (C=O) groups is 1. The predicted molar refractivity (Wildman–Crippen MR) is 70.5 cm³/mol. The minimum atomic E-state index is -0.158. The largest absolute Gasteiger partial charge is 0.328 e. The quantitative estimate of drug-likeness (QED) is 0.741. The van der Waals surface area contributed by atoms with Gasteiger partial charge in [0.25, 0.3) is 11.5 Å². The molecular formula is C14H18N2O2. The Morgan fingerprint density at radius 3 is 2.78 bits per heavy atom. The molecule has 96 valence electrons. The van der Waals surface area contributed by atoms with Crippen molar-refractivity contribution in [1.82, 2.24) is 9.47 Å². The molecule has 18 heavy (non-hydrogen) atoms. The van der Waals surface area contributed by atoms with Gasteiger partial charge in [0.2, 0.25) is 0 Å². The molecule has 1 amide bonds. The fraction of sp³-hybridized carbons (Fsp3) is 0.429. The summed E-state index contributed by atoms with van der Waals surface area (Å²) in [4.78, 5) is 25.7. The highest BCUT2D eigenvalue weighted by molar-refractivity contribution is 5.94. The van der Waals surface area contributed by atoms with E-state index in [1.807, 2.05) is 6.08 Å². The molecule has 1 aliphatic heterocycles. The summed E-state index contributed by atoms with van der Waals surface area (Å²) in [6.07, 6.45) is 5.69. The average Bonchev–Trinajstić information content (AvgIpc) is 2.81. The van der Waals surface area contributed by atoms with Gasteiger partial charge in [-0.25, -0.2) is 0 Å². The van der Waals surface area contributed by atoms with Gasteiger partial charge < -0.3 is 9.47 Å². The van der Waals surface area contributed by atoms with Crippen molar-refractivity contribution in [2.45, 2.75) is 19.9 Å². The van der Waals surface area contributed by atoms with E-state index in [0.29, 0.717) is 18.0 Å². The highest BCUT2D eigenvalue weighted by atomic mass is 16.2. The van der Waals surface area contributed by atoms with Crippen LogP contribution in [0.3, 0.4) is 0 Å². The van der Waals surface area contributed by atoms with Crippen LogP contribution < -0.4 is 5.56 Å². The van der Waals surface area contributed by atoms with Gasteiger partial charge in [0.1, 0.15) is 0 Å². The van der Waals surface area contributed by atoms with Gasteiger partial charge in [-0.15, -0.1) is 0 Å². The molecular weight excluding hydrogens is 228 g/mol. The molecule has 1 aliphatic rings. The molecule has 0 saturated heterocycles. The van der Waals surface area contributed by atoms with E-state index in [1.165, 1.54) is 10.6 Å². The van der Waals surface area contributed by atoms with E-state index in [9.17, 15) is 9.59 Å². The lowest BCUT2D eigenvalue weighted by Gasteiger charge is -2.27. The maximum atomic E-state index is 12.4. The van der Waals surface area contributed by atoms with Gasteiger partial charge in [0.05, 0.1) is 6.04 Å². The topological polar surface area (TPSA) is 42.3 Å². The molecule has 1 unspecified atom stereocenters. The Labute approximate surface area is 107 Å². The summed E-state index contributed by atoms with van der Waals surface area (Å²) in [5, 5.41) is 0. The molecule has 0 N–H and O–H groups in total. The summed E-state index contributed by atoms with van der Waals surface area (Å²) in [5.41, 5.74) is 0.307. The molecule has 1 aromatic rings. The van der Waals surface area contributed by atoms with Gasteiger partial charge in [-0.2, -0.15) is 0 Å². The summed E-state index contributed by atoms with van der Waals surface area (Å²) in [5.74, 6) is 0.302. The van der Waals surface area contributed by atoms with Gasteiger partial charge in [-0.3, -0.25) is 9.59 Å². The SMILES string of the molecule is CC(C)C1C=CCN1C(=O)c1ccn(C)c(=O)c1. The third kappa shape index (κ3) is 2.23. The zero-order chi connectivity index (χ0) is 13.3. The van der Waals surface area contributed by atoms with Crippen molar-refractivity contribution < 1.29 is 4.79 Å². The summed E-state index contributed by atoms with van der Waals surface area (Å²) in [6, 6.07) is 3.22. The molecule has 2 rings (SSSR count). The van der Waals surface area contributed by atoms with Gasteiger partial charge in [-0.05, 0) is 12.0 Å². The molecule has 1 aromatic heterocycles. The number of hydrogen-bond donors (Lipinski definition) is 0. The molecule has 0 spiro atoms. The molecule has 1 atom stereocenters. The molecule has 2 heterocycles. The first-order valence-electron chi connectivity index (χ1n) is 6.15. The molecule has 0 saturated carbocycles. The summed E-state index contributed by atoms with van der Waals surface area (Å²) < 4.78 is 1.46. The van der Waals surface area contributed by atoms with E-state index in [2.05, 4.69) is 19.9 Å².